The number of methoxy groups -OCH3 is 1. The van der Waals surface area contributed by atoms with Crippen LogP contribution in [0.2, 0.25) is 0 Å². The van der Waals surface area contributed by atoms with E-state index in [-0.39, 0.29) is 18.1 Å². The van der Waals surface area contributed by atoms with Gasteiger partial charge < -0.3 is 15.8 Å². The van der Waals surface area contributed by atoms with Gasteiger partial charge in [0, 0.05) is 13.7 Å². The lowest BCUT2D eigenvalue weighted by Gasteiger charge is -2.18. The fourth-order valence-corrected chi connectivity index (χ4v) is 2.02. The molecule has 0 radical (unpaired) electrons. The van der Waals surface area contributed by atoms with Gasteiger partial charge in [-0.2, -0.15) is 0 Å². The predicted molar refractivity (Wildman–Crippen MR) is 81.6 cm³/mol. The first-order valence-electron chi connectivity index (χ1n) is 7.10. The van der Waals surface area contributed by atoms with Crippen LogP contribution in [-0.2, 0) is 9.53 Å². The number of nitrogens with one attached hydrogen (secondary N) is 1. The Kier molecular flexibility index (Phi) is 6.68. The summed E-state index contributed by atoms with van der Waals surface area (Å²) in [5, 5.41) is 2.97. The molecule has 1 amide bonds. The number of hydrogen-bond donors (Lipinski definition) is 2. The van der Waals surface area contributed by atoms with Crippen molar-refractivity contribution in [3.63, 3.8) is 0 Å². The van der Waals surface area contributed by atoms with E-state index in [0.29, 0.717) is 18.9 Å². The highest BCUT2D eigenvalue weighted by Crippen LogP contribution is 2.18. The van der Waals surface area contributed by atoms with E-state index in [1.165, 1.54) is 5.56 Å². The van der Waals surface area contributed by atoms with Crippen LogP contribution in [0.1, 0.15) is 50.3 Å². The van der Waals surface area contributed by atoms with Crippen molar-refractivity contribution in [2.45, 2.75) is 45.3 Å². The quantitative estimate of drug-likeness (QED) is 0.804. The molecular weight excluding hydrogens is 252 g/mol. The van der Waals surface area contributed by atoms with E-state index >= 15 is 0 Å². The summed E-state index contributed by atoms with van der Waals surface area (Å²) >= 11 is 0. The third-order valence-electron chi connectivity index (χ3n) is 3.49. The molecule has 0 aromatic heterocycles. The van der Waals surface area contributed by atoms with E-state index in [1.54, 1.807) is 7.11 Å². The zero-order valence-electron chi connectivity index (χ0n) is 12.8. The van der Waals surface area contributed by atoms with Crippen molar-refractivity contribution in [3.05, 3.63) is 35.4 Å². The molecule has 1 aromatic carbocycles. The van der Waals surface area contributed by atoms with Crippen LogP contribution in [0.15, 0.2) is 24.3 Å². The van der Waals surface area contributed by atoms with E-state index < -0.39 is 0 Å². The van der Waals surface area contributed by atoms with Crippen LogP contribution in [-0.4, -0.2) is 25.7 Å². The normalized spacial score (nSPS) is 14.1. The summed E-state index contributed by atoms with van der Waals surface area (Å²) in [6.07, 6.45) is 0.0760. The molecule has 0 saturated carbocycles. The monoisotopic (exact) mass is 278 g/mol. The molecule has 0 aliphatic carbocycles. The minimum absolute atomic E-state index is 0.0148. The van der Waals surface area contributed by atoms with Crippen molar-refractivity contribution in [1.82, 2.24) is 5.32 Å². The third-order valence-corrected chi connectivity index (χ3v) is 3.49. The molecule has 3 N–H and O–H groups in total. The Hall–Kier alpha value is -1.39. The Morgan fingerprint density at radius 1 is 1.20 bits per heavy atom. The molecule has 112 valence electrons. The second-order valence-electron chi connectivity index (χ2n) is 5.41. The lowest BCUT2D eigenvalue weighted by molar-refractivity contribution is -0.124. The summed E-state index contributed by atoms with van der Waals surface area (Å²) < 4.78 is 5.11. The van der Waals surface area contributed by atoms with Gasteiger partial charge in [-0.3, -0.25) is 4.79 Å². The first kappa shape index (κ1) is 16.7. The summed E-state index contributed by atoms with van der Waals surface area (Å²) in [4.78, 5) is 11.9. The van der Waals surface area contributed by atoms with Crippen LogP contribution in [0, 0.1) is 0 Å². The van der Waals surface area contributed by atoms with Gasteiger partial charge in [0.15, 0.2) is 0 Å². The number of ether oxygens (including phenoxy) is 1. The van der Waals surface area contributed by atoms with Crippen molar-refractivity contribution in [1.29, 1.82) is 0 Å². The molecular formula is C16H26N2O2. The maximum Gasteiger partial charge on any atom is 0.223 e. The molecule has 4 nitrogen and oxygen atoms in total. The van der Waals surface area contributed by atoms with Gasteiger partial charge in [0.1, 0.15) is 0 Å². The molecule has 0 aliphatic rings. The second-order valence-corrected chi connectivity index (χ2v) is 5.41. The second kappa shape index (κ2) is 8.02. The Balaban J connectivity index is 2.57. The molecule has 0 aliphatic heterocycles. The maximum absolute atomic E-state index is 11.9. The van der Waals surface area contributed by atoms with Crippen LogP contribution in [0.25, 0.3) is 0 Å². The minimum atomic E-state index is -0.217. The van der Waals surface area contributed by atoms with Crippen LogP contribution in [0.4, 0.5) is 0 Å². The molecule has 20 heavy (non-hydrogen) atoms. The van der Waals surface area contributed by atoms with Crippen molar-refractivity contribution in [2.75, 3.05) is 13.7 Å². The Morgan fingerprint density at radius 3 is 2.20 bits per heavy atom. The van der Waals surface area contributed by atoms with Gasteiger partial charge in [0.05, 0.1) is 18.6 Å². The van der Waals surface area contributed by atoms with E-state index in [2.05, 4.69) is 43.4 Å². The zero-order chi connectivity index (χ0) is 15.1. The summed E-state index contributed by atoms with van der Waals surface area (Å²) in [6.45, 7) is 6.66. The van der Waals surface area contributed by atoms with Gasteiger partial charge in [-0.25, -0.2) is 0 Å². The van der Waals surface area contributed by atoms with E-state index in [0.717, 1.165) is 5.56 Å². The van der Waals surface area contributed by atoms with Gasteiger partial charge in [-0.05, 0) is 24.0 Å². The van der Waals surface area contributed by atoms with E-state index in [4.69, 9.17) is 10.5 Å². The third kappa shape index (κ3) is 4.94. The topological polar surface area (TPSA) is 64.3 Å². The fourth-order valence-electron chi connectivity index (χ4n) is 2.02. The van der Waals surface area contributed by atoms with Gasteiger partial charge >= 0.3 is 0 Å². The summed E-state index contributed by atoms with van der Waals surface area (Å²) in [7, 11) is 1.57. The van der Waals surface area contributed by atoms with Crippen molar-refractivity contribution in [3.8, 4) is 0 Å². The average Bonchev–Trinajstić information content (AvgIpc) is 2.44. The van der Waals surface area contributed by atoms with Gasteiger partial charge in [0.2, 0.25) is 5.91 Å². The number of carbonyl (C=O) groups is 1. The number of rotatable bonds is 7. The molecule has 2 unspecified atom stereocenters. The fraction of sp³-hybridized carbons (Fsp3) is 0.562. The number of nitrogens with two attached hydrogens (primary N) is 1. The van der Waals surface area contributed by atoms with Crippen LogP contribution in [0.3, 0.4) is 0 Å². The number of benzene rings is 1. The summed E-state index contributed by atoms with van der Waals surface area (Å²) in [5.74, 6) is 0.476. The lowest BCUT2D eigenvalue weighted by atomic mass is 9.99. The Morgan fingerprint density at radius 2 is 1.75 bits per heavy atom. The zero-order valence-corrected chi connectivity index (χ0v) is 12.8. The van der Waals surface area contributed by atoms with Crippen LogP contribution in [0.5, 0.6) is 0 Å². The molecule has 4 heteroatoms. The van der Waals surface area contributed by atoms with Crippen LogP contribution >= 0.6 is 0 Å². The molecule has 1 aromatic rings. The molecule has 0 spiro atoms. The first-order valence-corrected chi connectivity index (χ1v) is 7.10. The Labute approximate surface area is 121 Å². The summed E-state index contributed by atoms with van der Waals surface area (Å²) in [5.41, 5.74) is 7.92. The average molecular weight is 278 g/mol. The van der Waals surface area contributed by atoms with Crippen molar-refractivity contribution in [2.24, 2.45) is 5.73 Å². The molecule has 0 fully saturated rings. The largest absolute Gasteiger partial charge is 0.380 e. The SMILES string of the molecule is COC(CN)CC(=O)NC(C)c1ccc(C(C)C)cc1. The number of amides is 1. The molecule has 2 atom stereocenters. The summed E-state index contributed by atoms with van der Waals surface area (Å²) in [6, 6.07) is 8.34. The predicted octanol–water partition coefficient (Wildman–Crippen LogP) is 2.35. The highest BCUT2D eigenvalue weighted by molar-refractivity contribution is 5.77. The first-order chi connectivity index (χ1) is 9.47. The van der Waals surface area contributed by atoms with Gasteiger partial charge in [-0.15, -0.1) is 0 Å². The van der Waals surface area contributed by atoms with Crippen LogP contribution < -0.4 is 11.1 Å². The Bertz CT molecular complexity index is 411. The molecule has 1 rings (SSSR count). The van der Waals surface area contributed by atoms with Gasteiger partial charge in [-0.1, -0.05) is 38.1 Å². The van der Waals surface area contributed by atoms with Crippen molar-refractivity contribution < 1.29 is 9.53 Å². The maximum atomic E-state index is 11.9. The highest BCUT2D eigenvalue weighted by atomic mass is 16.5. The number of carbonyl (C=O) groups excluding carboxylic acids is 1. The van der Waals surface area contributed by atoms with Gasteiger partial charge in [0.25, 0.3) is 0 Å². The molecule has 0 bridgehead atoms. The smallest absolute Gasteiger partial charge is 0.223 e. The molecule has 0 heterocycles. The van der Waals surface area contributed by atoms with E-state index in [1.807, 2.05) is 6.92 Å². The number of hydrogen-bond acceptors (Lipinski definition) is 3. The van der Waals surface area contributed by atoms with E-state index in [9.17, 15) is 4.79 Å². The minimum Gasteiger partial charge on any atom is -0.380 e. The highest BCUT2D eigenvalue weighted by Gasteiger charge is 2.14. The van der Waals surface area contributed by atoms with Crippen molar-refractivity contribution >= 4 is 5.91 Å². The standard InChI is InChI=1S/C16H26N2O2/c1-11(2)13-5-7-14(8-6-13)12(3)18-16(19)9-15(10-17)20-4/h5-8,11-12,15H,9-10,17H2,1-4H3,(H,18,19). The molecule has 0 saturated heterocycles. The lowest BCUT2D eigenvalue weighted by Crippen LogP contribution is -2.33.